The lowest BCUT2D eigenvalue weighted by Crippen LogP contribution is -2.43. The van der Waals surface area contributed by atoms with Gasteiger partial charge in [0.05, 0.1) is 6.61 Å². The molecule has 1 spiro atoms. The Morgan fingerprint density at radius 1 is 1.00 bits per heavy atom. The van der Waals surface area contributed by atoms with Gasteiger partial charge in [-0.25, -0.2) is 0 Å². The molecule has 36 heavy (non-hydrogen) atoms. The molecule has 184 valence electrons. The Labute approximate surface area is 208 Å². The highest BCUT2D eigenvalue weighted by atomic mass is 16.7. The Kier molecular flexibility index (Phi) is 5.44. The van der Waals surface area contributed by atoms with Crippen LogP contribution < -0.4 is 29.2 Å². The molecule has 3 aromatic carbocycles. The number of amides is 2. The van der Waals surface area contributed by atoms with Crippen LogP contribution in [0.4, 0.5) is 5.69 Å². The van der Waals surface area contributed by atoms with Crippen LogP contribution in [0.15, 0.2) is 60.7 Å². The monoisotopic (exact) mass is 486 g/mol. The van der Waals surface area contributed by atoms with E-state index >= 15 is 0 Å². The van der Waals surface area contributed by atoms with E-state index in [1.165, 1.54) is 0 Å². The van der Waals surface area contributed by atoms with Crippen molar-refractivity contribution in [3.63, 3.8) is 0 Å². The smallest absolute Gasteiger partial charge is 0.251 e. The summed E-state index contributed by atoms with van der Waals surface area (Å²) in [5.74, 6) is 2.45. The summed E-state index contributed by atoms with van der Waals surface area (Å²) in [4.78, 5) is 28.3. The number of para-hydroxylation sites is 1. The zero-order valence-electron chi connectivity index (χ0n) is 19.9. The van der Waals surface area contributed by atoms with Crippen LogP contribution in [-0.2, 0) is 10.2 Å². The number of hydrogen-bond acceptors (Lipinski definition) is 6. The minimum absolute atomic E-state index is 0.0286. The highest BCUT2D eigenvalue weighted by molar-refractivity contribution is 6.11. The number of nitrogens with zero attached hydrogens (tertiary/aromatic N) is 1. The third-order valence-corrected chi connectivity index (χ3v) is 6.92. The molecule has 3 aromatic rings. The summed E-state index contributed by atoms with van der Waals surface area (Å²) in [6, 6.07) is 18.6. The van der Waals surface area contributed by atoms with E-state index in [0.717, 1.165) is 22.6 Å². The fourth-order valence-corrected chi connectivity index (χ4v) is 5.20. The van der Waals surface area contributed by atoms with E-state index in [2.05, 4.69) is 5.32 Å². The van der Waals surface area contributed by atoms with Gasteiger partial charge in [-0.3, -0.25) is 9.59 Å². The minimum Gasteiger partial charge on any atom is -0.494 e. The lowest BCUT2D eigenvalue weighted by Gasteiger charge is -2.23. The van der Waals surface area contributed by atoms with Crippen molar-refractivity contribution in [1.29, 1.82) is 0 Å². The predicted octanol–water partition coefficient (Wildman–Crippen LogP) is 3.66. The molecule has 1 N–H and O–H groups in total. The maximum Gasteiger partial charge on any atom is 0.251 e. The largest absolute Gasteiger partial charge is 0.494 e. The molecule has 0 bridgehead atoms. The van der Waals surface area contributed by atoms with Gasteiger partial charge in [0.1, 0.15) is 23.5 Å². The highest BCUT2D eigenvalue weighted by Crippen LogP contribution is 2.54. The first kappa shape index (κ1) is 22.3. The molecule has 0 fully saturated rings. The molecule has 6 rings (SSSR count). The van der Waals surface area contributed by atoms with E-state index in [1.807, 2.05) is 37.3 Å². The van der Waals surface area contributed by atoms with Gasteiger partial charge in [0.25, 0.3) is 5.91 Å². The number of benzene rings is 3. The van der Waals surface area contributed by atoms with E-state index in [1.54, 1.807) is 35.2 Å². The van der Waals surface area contributed by atoms with Gasteiger partial charge in [-0.05, 0) is 55.3 Å². The maximum atomic E-state index is 14.0. The van der Waals surface area contributed by atoms with Crippen LogP contribution in [0, 0.1) is 0 Å². The number of anilines is 1. The first-order valence-corrected chi connectivity index (χ1v) is 12.1. The number of hydrogen-bond donors (Lipinski definition) is 1. The molecule has 0 saturated heterocycles. The van der Waals surface area contributed by atoms with Crippen LogP contribution >= 0.6 is 0 Å². The number of carbonyl (C=O) groups excluding carboxylic acids is 2. The third kappa shape index (κ3) is 3.44. The first-order valence-electron chi connectivity index (χ1n) is 12.1. The van der Waals surface area contributed by atoms with E-state index in [0.29, 0.717) is 48.9 Å². The van der Waals surface area contributed by atoms with Crippen LogP contribution in [-0.4, -0.2) is 44.9 Å². The van der Waals surface area contributed by atoms with Crippen molar-refractivity contribution in [2.75, 3.05) is 38.0 Å². The van der Waals surface area contributed by atoms with Crippen molar-refractivity contribution in [3.05, 3.63) is 77.4 Å². The Bertz CT molecular complexity index is 1340. The Morgan fingerprint density at radius 2 is 1.78 bits per heavy atom. The maximum absolute atomic E-state index is 14.0. The first-order chi connectivity index (χ1) is 17.6. The van der Waals surface area contributed by atoms with Crippen molar-refractivity contribution in [3.8, 4) is 23.0 Å². The fraction of sp³-hybridized carbons (Fsp3) is 0.286. The molecule has 3 aliphatic rings. The molecule has 8 heteroatoms. The van der Waals surface area contributed by atoms with E-state index in [9.17, 15) is 9.59 Å². The molecule has 3 heterocycles. The third-order valence-electron chi connectivity index (χ3n) is 6.92. The molecular formula is C28H26N2O6. The van der Waals surface area contributed by atoms with Gasteiger partial charge in [0.2, 0.25) is 12.7 Å². The second kappa shape index (κ2) is 8.78. The van der Waals surface area contributed by atoms with Gasteiger partial charge in [-0.15, -0.1) is 0 Å². The Hall–Kier alpha value is -4.20. The van der Waals surface area contributed by atoms with Crippen LogP contribution in [0.3, 0.4) is 0 Å². The van der Waals surface area contributed by atoms with E-state index in [4.69, 9.17) is 18.9 Å². The topological polar surface area (TPSA) is 86.3 Å². The quantitative estimate of drug-likeness (QED) is 0.513. The van der Waals surface area contributed by atoms with Crippen molar-refractivity contribution in [2.45, 2.75) is 18.8 Å². The molecule has 2 amide bonds. The van der Waals surface area contributed by atoms with E-state index in [-0.39, 0.29) is 25.2 Å². The summed E-state index contributed by atoms with van der Waals surface area (Å²) in [6.07, 6.45) is 0.605. The second-order valence-electron chi connectivity index (χ2n) is 8.94. The predicted molar refractivity (Wildman–Crippen MR) is 132 cm³/mol. The molecule has 1 atom stereocenters. The summed E-state index contributed by atoms with van der Waals surface area (Å²) < 4.78 is 22.5. The van der Waals surface area contributed by atoms with Crippen molar-refractivity contribution < 1.29 is 28.5 Å². The molecule has 0 aliphatic carbocycles. The Morgan fingerprint density at radius 3 is 2.58 bits per heavy atom. The number of carbonyl (C=O) groups is 2. The number of nitrogens with one attached hydrogen (secondary N) is 1. The molecule has 1 unspecified atom stereocenters. The van der Waals surface area contributed by atoms with Gasteiger partial charge >= 0.3 is 0 Å². The zero-order valence-corrected chi connectivity index (χ0v) is 19.9. The van der Waals surface area contributed by atoms with Crippen molar-refractivity contribution in [1.82, 2.24) is 5.32 Å². The Balaban J connectivity index is 1.17. The van der Waals surface area contributed by atoms with Crippen LogP contribution in [0.5, 0.6) is 23.0 Å². The van der Waals surface area contributed by atoms with Gasteiger partial charge < -0.3 is 29.2 Å². The average molecular weight is 487 g/mol. The molecule has 0 saturated carbocycles. The standard InChI is InChI=1S/C28H26N2O6/c1-2-33-19-10-8-18(9-11-19)26(31)29-12-5-13-30-22-7-4-3-6-20(22)28(27(30)32)16-34-23-15-25-24(14-21(23)28)35-17-36-25/h3-4,6-11,14-15H,2,5,12-13,16-17H2,1H3,(H,29,31). The lowest BCUT2D eigenvalue weighted by atomic mass is 9.77. The SMILES string of the molecule is CCOc1ccc(C(=O)NCCCN2C(=O)C3(COc4cc5c(cc43)OCO5)c3ccccc32)cc1. The zero-order chi connectivity index (χ0) is 24.7. The fourth-order valence-electron chi connectivity index (χ4n) is 5.20. The van der Waals surface area contributed by atoms with Crippen LogP contribution in [0.25, 0.3) is 0 Å². The van der Waals surface area contributed by atoms with Gasteiger partial charge in [-0.2, -0.15) is 0 Å². The summed E-state index contributed by atoms with van der Waals surface area (Å²) in [5, 5.41) is 2.95. The van der Waals surface area contributed by atoms with Crippen LogP contribution in [0.1, 0.15) is 34.8 Å². The molecular weight excluding hydrogens is 460 g/mol. The number of fused-ring (bicyclic) bond motifs is 5. The van der Waals surface area contributed by atoms with Gasteiger partial charge in [0, 0.05) is 36.0 Å². The van der Waals surface area contributed by atoms with Gasteiger partial charge in [0.15, 0.2) is 11.5 Å². The summed E-state index contributed by atoms with van der Waals surface area (Å²) >= 11 is 0. The van der Waals surface area contributed by atoms with Crippen LogP contribution in [0.2, 0.25) is 0 Å². The second-order valence-corrected chi connectivity index (χ2v) is 8.94. The molecule has 3 aliphatic heterocycles. The molecule has 0 radical (unpaired) electrons. The molecule has 8 nitrogen and oxygen atoms in total. The highest BCUT2D eigenvalue weighted by Gasteiger charge is 2.57. The average Bonchev–Trinajstić information content (AvgIpc) is 3.58. The van der Waals surface area contributed by atoms with Gasteiger partial charge in [-0.1, -0.05) is 18.2 Å². The van der Waals surface area contributed by atoms with Crippen molar-refractivity contribution >= 4 is 17.5 Å². The number of ether oxygens (including phenoxy) is 4. The summed E-state index contributed by atoms with van der Waals surface area (Å²) in [5.41, 5.74) is 2.24. The normalized spacial score (nSPS) is 18.7. The molecule has 0 aromatic heterocycles. The van der Waals surface area contributed by atoms with E-state index < -0.39 is 5.41 Å². The summed E-state index contributed by atoms with van der Waals surface area (Å²) in [7, 11) is 0. The minimum atomic E-state index is -0.918. The van der Waals surface area contributed by atoms with Crippen molar-refractivity contribution in [2.24, 2.45) is 0 Å². The summed E-state index contributed by atoms with van der Waals surface area (Å²) in [6.45, 7) is 3.79. The lowest BCUT2D eigenvalue weighted by molar-refractivity contribution is -0.122. The number of rotatable bonds is 7.